The number of imidazole rings is 1. The van der Waals surface area contributed by atoms with Crippen LogP contribution in [0.15, 0.2) is 48.8 Å². The second kappa shape index (κ2) is 4.40. The molecule has 0 saturated carbocycles. The Labute approximate surface area is 113 Å². The summed E-state index contributed by atoms with van der Waals surface area (Å²) in [5, 5.41) is 9.34. The van der Waals surface area contributed by atoms with Gasteiger partial charge in [-0.25, -0.2) is 9.78 Å². The minimum atomic E-state index is -0.991. The van der Waals surface area contributed by atoms with Crippen LogP contribution in [0.1, 0.15) is 10.4 Å². The van der Waals surface area contributed by atoms with Gasteiger partial charge in [0.05, 0.1) is 16.3 Å². The molecule has 0 aliphatic heterocycles. The van der Waals surface area contributed by atoms with Crippen LogP contribution in [0.25, 0.3) is 16.9 Å². The van der Waals surface area contributed by atoms with Crippen LogP contribution >= 0.6 is 11.6 Å². The molecule has 3 rings (SSSR count). The third-order valence-corrected chi connectivity index (χ3v) is 3.23. The average Bonchev–Trinajstić information content (AvgIpc) is 2.86. The predicted molar refractivity (Wildman–Crippen MR) is 72.6 cm³/mol. The number of carboxylic acids is 1. The van der Waals surface area contributed by atoms with Crippen molar-refractivity contribution in [3.05, 3.63) is 59.4 Å². The van der Waals surface area contributed by atoms with E-state index in [-0.39, 0.29) is 5.56 Å². The quantitative estimate of drug-likeness (QED) is 0.778. The Balaban J connectivity index is 2.22. The molecule has 1 aromatic carbocycles. The van der Waals surface area contributed by atoms with Crippen LogP contribution in [0.4, 0.5) is 0 Å². The zero-order valence-electron chi connectivity index (χ0n) is 9.75. The number of benzene rings is 1. The summed E-state index contributed by atoms with van der Waals surface area (Å²) in [5.41, 5.74) is 2.63. The van der Waals surface area contributed by atoms with Crippen molar-refractivity contribution in [3.8, 4) is 11.3 Å². The Morgan fingerprint density at radius 3 is 2.84 bits per heavy atom. The van der Waals surface area contributed by atoms with E-state index in [9.17, 15) is 4.79 Å². The lowest BCUT2D eigenvalue weighted by Crippen LogP contribution is -1.97. The number of aromatic nitrogens is 2. The van der Waals surface area contributed by atoms with Gasteiger partial charge in [0.2, 0.25) is 0 Å². The summed E-state index contributed by atoms with van der Waals surface area (Å²) in [6, 6.07) is 10.4. The molecule has 2 heterocycles. The van der Waals surface area contributed by atoms with Crippen molar-refractivity contribution in [2.45, 2.75) is 0 Å². The molecule has 19 heavy (non-hydrogen) atoms. The highest BCUT2D eigenvalue weighted by atomic mass is 35.5. The molecule has 4 nitrogen and oxygen atoms in total. The first-order valence-electron chi connectivity index (χ1n) is 5.62. The third-order valence-electron chi connectivity index (χ3n) is 2.92. The zero-order valence-corrected chi connectivity index (χ0v) is 10.5. The van der Waals surface area contributed by atoms with Crippen molar-refractivity contribution >= 4 is 23.2 Å². The van der Waals surface area contributed by atoms with Gasteiger partial charge in [-0.15, -0.1) is 0 Å². The molecule has 2 aromatic heterocycles. The monoisotopic (exact) mass is 272 g/mol. The number of nitrogens with zero attached hydrogens (tertiary/aromatic N) is 2. The normalized spacial score (nSPS) is 10.8. The van der Waals surface area contributed by atoms with E-state index in [1.165, 1.54) is 6.07 Å². The van der Waals surface area contributed by atoms with E-state index in [4.69, 9.17) is 16.7 Å². The van der Waals surface area contributed by atoms with Gasteiger partial charge in [-0.2, -0.15) is 0 Å². The van der Waals surface area contributed by atoms with Crippen LogP contribution in [0, 0.1) is 0 Å². The number of hydrogen-bond acceptors (Lipinski definition) is 2. The lowest BCUT2D eigenvalue weighted by atomic mass is 10.1. The smallest absolute Gasteiger partial charge is 0.335 e. The van der Waals surface area contributed by atoms with Crippen molar-refractivity contribution in [3.63, 3.8) is 0 Å². The first-order chi connectivity index (χ1) is 9.16. The maximum Gasteiger partial charge on any atom is 0.335 e. The van der Waals surface area contributed by atoms with E-state index >= 15 is 0 Å². The summed E-state index contributed by atoms with van der Waals surface area (Å²) in [5.74, 6) is -0.991. The minimum Gasteiger partial charge on any atom is -0.478 e. The molecule has 1 N–H and O–H groups in total. The van der Waals surface area contributed by atoms with Crippen molar-refractivity contribution in [2.24, 2.45) is 0 Å². The summed E-state index contributed by atoms with van der Waals surface area (Å²) in [6.45, 7) is 0. The number of carbonyl (C=O) groups is 1. The molecule has 0 amide bonds. The zero-order chi connectivity index (χ0) is 13.4. The van der Waals surface area contributed by atoms with E-state index in [2.05, 4.69) is 4.98 Å². The van der Waals surface area contributed by atoms with Crippen molar-refractivity contribution in [1.82, 2.24) is 9.38 Å². The van der Waals surface area contributed by atoms with Gasteiger partial charge in [-0.3, -0.25) is 4.40 Å². The van der Waals surface area contributed by atoms with E-state index < -0.39 is 5.97 Å². The van der Waals surface area contributed by atoms with Gasteiger partial charge in [0.25, 0.3) is 0 Å². The van der Waals surface area contributed by atoms with Crippen LogP contribution < -0.4 is 0 Å². The Bertz CT molecular complexity index is 780. The molecule has 0 fully saturated rings. The third kappa shape index (κ3) is 1.96. The molecule has 0 unspecified atom stereocenters. The van der Waals surface area contributed by atoms with Gasteiger partial charge < -0.3 is 5.11 Å². The van der Waals surface area contributed by atoms with Gasteiger partial charge in [0, 0.05) is 18.0 Å². The molecule has 0 bridgehead atoms. The van der Waals surface area contributed by atoms with Crippen molar-refractivity contribution in [2.75, 3.05) is 0 Å². The number of hydrogen-bond donors (Lipinski definition) is 1. The van der Waals surface area contributed by atoms with Gasteiger partial charge >= 0.3 is 5.97 Å². The molecule has 0 spiro atoms. The minimum absolute atomic E-state index is 0.173. The number of pyridine rings is 1. The fourth-order valence-corrected chi connectivity index (χ4v) is 2.30. The van der Waals surface area contributed by atoms with Crippen LogP contribution in [0.5, 0.6) is 0 Å². The first kappa shape index (κ1) is 11.7. The lowest BCUT2D eigenvalue weighted by Gasteiger charge is -2.08. The Hall–Kier alpha value is -2.33. The number of fused-ring (bicyclic) bond motifs is 1. The molecule has 0 atom stereocenters. The van der Waals surface area contributed by atoms with Gasteiger partial charge in [0.15, 0.2) is 0 Å². The maximum absolute atomic E-state index is 10.9. The maximum atomic E-state index is 10.9. The van der Waals surface area contributed by atoms with Crippen LogP contribution in [0.2, 0.25) is 5.02 Å². The fourth-order valence-electron chi connectivity index (χ4n) is 2.02. The molecule has 0 radical (unpaired) electrons. The molecule has 0 saturated heterocycles. The SMILES string of the molecule is O=C(O)c1ccc(-c2cccc3nccn23)c(Cl)c1. The highest BCUT2D eigenvalue weighted by Crippen LogP contribution is 2.29. The van der Waals surface area contributed by atoms with Gasteiger partial charge in [-0.05, 0) is 24.3 Å². The van der Waals surface area contributed by atoms with E-state index in [0.717, 1.165) is 16.9 Å². The summed E-state index contributed by atoms with van der Waals surface area (Å²) < 4.78 is 1.90. The van der Waals surface area contributed by atoms with E-state index in [0.29, 0.717) is 5.02 Å². The standard InChI is InChI=1S/C14H9ClN2O2/c15-11-8-9(14(18)19)4-5-10(11)12-2-1-3-13-16-6-7-17(12)13/h1-8H,(H,18,19). The fraction of sp³-hybridized carbons (Fsp3) is 0. The largest absolute Gasteiger partial charge is 0.478 e. The topological polar surface area (TPSA) is 54.6 Å². The molecule has 0 aliphatic rings. The van der Waals surface area contributed by atoms with E-state index in [1.54, 1.807) is 18.3 Å². The molecule has 5 heteroatoms. The van der Waals surface area contributed by atoms with Gasteiger partial charge in [-0.1, -0.05) is 23.7 Å². The number of rotatable bonds is 2. The van der Waals surface area contributed by atoms with Crippen LogP contribution in [-0.2, 0) is 0 Å². The van der Waals surface area contributed by atoms with Crippen molar-refractivity contribution in [1.29, 1.82) is 0 Å². The second-order valence-electron chi connectivity index (χ2n) is 4.07. The van der Waals surface area contributed by atoms with E-state index in [1.807, 2.05) is 28.8 Å². The molecule has 94 valence electrons. The summed E-state index contributed by atoms with van der Waals surface area (Å²) >= 11 is 6.18. The molecular formula is C14H9ClN2O2. The summed E-state index contributed by atoms with van der Waals surface area (Å²) in [4.78, 5) is 15.1. The van der Waals surface area contributed by atoms with Crippen molar-refractivity contribution < 1.29 is 9.90 Å². The summed E-state index contributed by atoms with van der Waals surface area (Å²) in [6.07, 6.45) is 3.55. The Morgan fingerprint density at radius 2 is 2.11 bits per heavy atom. The predicted octanol–water partition coefficient (Wildman–Crippen LogP) is 3.35. The first-order valence-corrected chi connectivity index (χ1v) is 6.00. The highest BCUT2D eigenvalue weighted by Gasteiger charge is 2.10. The van der Waals surface area contributed by atoms with Gasteiger partial charge in [0.1, 0.15) is 5.65 Å². The lowest BCUT2D eigenvalue weighted by molar-refractivity contribution is 0.0697. The molecule has 3 aromatic rings. The number of aromatic carboxylic acids is 1. The summed E-state index contributed by atoms with van der Waals surface area (Å²) in [7, 11) is 0. The Morgan fingerprint density at radius 1 is 1.26 bits per heavy atom. The average molecular weight is 273 g/mol. The molecular weight excluding hydrogens is 264 g/mol. The number of halogens is 1. The van der Waals surface area contributed by atoms with Crippen LogP contribution in [0.3, 0.4) is 0 Å². The van der Waals surface area contributed by atoms with Crippen LogP contribution in [-0.4, -0.2) is 20.5 Å². The number of carboxylic acid groups (broad SMARTS) is 1. The Kier molecular flexibility index (Phi) is 2.72. The second-order valence-corrected chi connectivity index (χ2v) is 4.47. The molecule has 0 aliphatic carbocycles. The highest BCUT2D eigenvalue weighted by molar-refractivity contribution is 6.33.